The lowest BCUT2D eigenvalue weighted by atomic mass is 9.55. The summed E-state index contributed by atoms with van der Waals surface area (Å²) in [7, 11) is 0. The molecule has 0 radical (unpaired) electrons. The predicted octanol–water partition coefficient (Wildman–Crippen LogP) is 4.28. The Labute approximate surface area is 125 Å². The van der Waals surface area contributed by atoms with Crippen LogP contribution in [0, 0.1) is 10.8 Å². The summed E-state index contributed by atoms with van der Waals surface area (Å²) >= 11 is 0. The minimum absolute atomic E-state index is 0.489. The fourth-order valence-electron chi connectivity index (χ4n) is 5.12. The third-order valence-electron chi connectivity index (χ3n) is 6.52. The van der Waals surface area contributed by atoms with Gasteiger partial charge in [0.15, 0.2) is 0 Å². The molecule has 0 heterocycles. The van der Waals surface area contributed by atoms with E-state index in [2.05, 4.69) is 19.2 Å². The highest BCUT2D eigenvalue weighted by Crippen LogP contribution is 2.53. The normalized spacial score (nSPS) is 35.1. The van der Waals surface area contributed by atoms with E-state index >= 15 is 0 Å². The highest BCUT2D eigenvalue weighted by Gasteiger charge is 2.55. The Hall–Kier alpha value is -0.0800. The van der Waals surface area contributed by atoms with Crippen LogP contribution in [0.5, 0.6) is 0 Å². The van der Waals surface area contributed by atoms with Crippen LogP contribution in [0.4, 0.5) is 0 Å². The maximum atomic E-state index is 6.06. The molecule has 0 bridgehead atoms. The van der Waals surface area contributed by atoms with Crippen molar-refractivity contribution < 1.29 is 4.74 Å². The Morgan fingerprint density at radius 3 is 2.30 bits per heavy atom. The largest absolute Gasteiger partial charge is 0.378 e. The van der Waals surface area contributed by atoms with Gasteiger partial charge in [-0.1, -0.05) is 39.0 Å². The van der Waals surface area contributed by atoms with Gasteiger partial charge < -0.3 is 10.1 Å². The highest BCUT2D eigenvalue weighted by atomic mass is 16.5. The van der Waals surface area contributed by atoms with E-state index < -0.39 is 0 Å². The van der Waals surface area contributed by atoms with E-state index in [0.717, 1.165) is 12.6 Å². The van der Waals surface area contributed by atoms with Gasteiger partial charge in [0.1, 0.15) is 0 Å². The number of hydrogen-bond acceptors (Lipinski definition) is 2. The average Bonchev–Trinajstić information content (AvgIpc) is 2.90. The summed E-state index contributed by atoms with van der Waals surface area (Å²) in [5.74, 6) is 0. The van der Waals surface area contributed by atoms with Gasteiger partial charge in [0.05, 0.1) is 6.10 Å². The first-order valence-corrected chi connectivity index (χ1v) is 9.04. The summed E-state index contributed by atoms with van der Waals surface area (Å²) in [6.07, 6.45) is 14.6. The number of nitrogens with one attached hydrogen (secondary N) is 1. The van der Waals surface area contributed by atoms with Crippen molar-refractivity contribution in [3.63, 3.8) is 0 Å². The third-order valence-corrected chi connectivity index (χ3v) is 6.52. The molecule has 3 aliphatic rings. The van der Waals surface area contributed by atoms with E-state index in [1.807, 2.05) is 0 Å². The Kier molecular flexibility index (Phi) is 4.42. The molecule has 1 N–H and O–H groups in total. The molecule has 116 valence electrons. The van der Waals surface area contributed by atoms with Gasteiger partial charge in [-0.3, -0.25) is 0 Å². The summed E-state index contributed by atoms with van der Waals surface area (Å²) in [6.45, 7) is 6.76. The van der Waals surface area contributed by atoms with Crippen LogP contribution < -0.4 is 5.32 Å². The fourth-order valence-corrected chi connectivity index (χ4v) is 5.12. The van der Waals surface area contributed by atoms with Gasteiger partial charge in [-0.05, 0) is 44.4 Å². The number of ether oxygens (including phenoxy) is 1. The van der Waals surface area contributed by atoms with Gasteiger partial charge in [-0.25, -0.2) is 0 Å². The van der Waals surface area contributed by atoms with Crippen molar-refractivity contribution in [1.82, 2.24) is 5.32 Å². The Bertz CT molecular complexity index is 315. The van der Waals surface area contributed by atoms with E-state index in [4.69, 9.17) is 4.74 Å². The first-order valence-electron chi connectivity index (χ1n) is 9.04. The molecule has 3 rings (SSSR count). The summed E-state index contributed by atoms with van der Waals surface area (Å²) in [6, 6.07) is 0.733. The maximum Gasteiger partial charge on any atom is 0.0661 e. The molecule has 0 aromatic rings. The highest BCUT2D eigenvalue weighted by molar-refractivity contribution is 5.09. The standard InChI is InChI=1S/C18H33NO/c1-3-20-16-13-15(18(16)11-5-4-6-12-18)19-14-17(2)9-7-8-10-17/h15-16,19H,3-14H2,1-2H3. The minimum Gasteiger partial charge on any atom is -0.378 e. The fraction of sp³-hybridized carbons (Fsp3) is 1.00. The monoisotopic (exact) mass is 279 g/mol. The van der Waals surface area contributed by atoms with Crippen molar-refractivity contribution in [2.45, 2.75) is 90.2 Å². The van der Waals surface area contributed by atoms with Gasteiger partial charge in [0, 0.05) is 24.6 Å². The molecule has 2 unspecified atom stereocenters. The molecule has 2 nitrogen and oxygen atoms in total. The van der Waals surface area contributed by atoms with Gasteiger partial charge in [-0.2, -0.15) is 0 Å². The zero-order chi connectivity index (χ0) is 14.1. The van der Waals surface area contributed by atoms with Crippen LogP contribution in [0.1, 0.15) is 78.1 Å². The van der Waals surface area contributed by atoms with E-state index in [0.29, 0.717) is 16.9 Å². The van der Waals surface area contributed by atoms with Crippen molar-refractivity contribution in [3.8, 4) is 0 Å². The number of hydrogen-bond donors (Lipinski definition) is 1. The van der Waals surface area contributed by atoms with E-state index in [1.54, 1.807) is 0 Å². The van der Waals surface area contributed by atoms with Crippen LogP contribution in [0.25, 0.3) is 0 Å². The molecule has 0 aliphatic heterocycles. The average molecular weight is 279 g/mol. The van der Waals surface area contributed by atoms with Gasteiger partial charge in [-0.15, -0.1) is 0 Å². The van der Waals surface area contributed by atoms with Crippen LogP contribution in [0.3, 0.4) is 0 Å². The molecule has 3 saturated carbocycles. The van der Waals surface area contributed by atoms with Crippen molar-refractivity contribution >= 4 is 0 Å². The molecule has 2 heteroatoms. The minimum atomic E-state index is 0.489. The van der Waals surface area contributed by atoms with E-state index in [1.165, 1.54) is 70.8 Å². The predicted molar refractivity (Wildman–Crippen MR) is 83.9 cm³/mol. The lowest BCUT2D eigenvalue weighted by Crippen LogP contribution is -2.65. The molecular formula is C18H33NO. The summed E-state index contributed by atoms with van der Waals surface area (Å²) < 4.78 is 6.06. The lowest BCUT2D eigenvalue weighted by Gasteiger charge is -2.58. The van der Waals surface area contributed by atoms with Gasteiger partial charge >= 0.3 is 0 Å². The van der Waals surface area contributed by atoms with Crippen molar-refractivity contribution in [1.29, 1.82) is 0 Å². The van der Waals surface area contributed by atoms with Crippen molar-refractivity contribution in [3.05, 3.63) is 0 Å². The second-order valence-electron chi connectivity index (χ2n) is 7.92. The van der Waals surface area contributed by atoms with Gasteiger partial charge in [0.2, 0.25) is 0 Å². The molecule has 2 atom stereocenters. The van der Waals surface area contributed by atoms with Crippen LogP contribution in [0.15, 0.2) is 0 Å². The van der Waals surface area contributed by atoms with Gasteiger partial charge in [0.25, 0.3) is 0 Å². The van der Waals surface area contributed by atoms with Crippen LogP contribution >= 0.6 is 0 Å². The summed E-state index contributed by atoms with van der Waals surface area (Å²) in [4.78, 5) is 0. The molecule has 3 fully saturated rings. The Morgan fingerprint density at radius 2 is 1.65 bits per heavy atom. The van der Waals surface area contributed by atoms with Crippen LogP contribution in [-0.4, -0.2) is 25.3 Å². The topological polar surface area (TPSA) is 21.3 Å². The lowest BCUT2D eigenvalue weighted by molar-refractivity contribution is -0.151. The van der Waals surface area contributed by atoms with Crippen molar-refractivity contribution in [2.24, 2.45) is 10.8 Å². The second-order valence-corrected chi connectivity index (χ2v) is 7.92. The molecule has 20 heavy (non-hydrogen) atoms. The smallest absolute Gasteiger partial charge is 0.0661 e. The van der Waals surface area contributed by atoms with Crippen LogP contribution in [-0.2, 0) is 4.74 Å². The first-order chi connectivity index (χ1) is 9.69. The van der Waals surface area contributed by atoms with Crippen LogP contribution in [0.2, 0.25) is 0 Å². The Balaban J connectivity index is 1.58. The van der Waals surface area contributed by atoms with E-state index in [9.17, 15) is 0 Å². The maximum absolute atomic E-state index is 6.06. The summed E-state index contributed by atoms with van der Waals surface area (Å²) in [5.41, 5.74) is 1.07. The molecule has 0 amide bonds. The molecule has 1 spiro atoms. The first kappa shape index (κ1) is 14.8. The quantitative estimate of drug-likeness (QED) is 0.811. The zero-order valence-corrected chi connectivity index (χ0v) is 13.5. The molecule has 3 aliphatic carbocycles. The molecule has 0 aromatic heterocycles. The van der Waals surface area contributed by atoms with Crippen molar-refractivity contribution in [2.75, 3.05) is 13.2 Å². The van der Waals surface area contributed by atoms with E-state index in [-0.39, 0.29) is 0 Å². The SMILES string of the molecule is CCOC1CC(NCC2(C)CCCC2)C12CCCCC2. The third kappa shape index (κ3) is 2.66. The molecule has 0 aromatic carbocycles. The number of rotatable bonds is 5. The molecular weight excluding hydrogens is 246 g/mol. The second kappa shape index (κ2) is 5.96. The molecule has 0 saturated heterocycles. The summed E-state index contributed by atoms with van der Waals surface area (Å²) in [5, 5.41) is 3.97. The Morgan fingerprint density at radius 1 is 1.00 bits per heavy atom. The zero-order valence-electron chi connectivity index (χ0n) is 13.5.